The Morgan fingerprint density at radius 2 is 1.00 bits per heavy atom. The van der Waals surface area contributed by atoms with Crippen molar-refractivity contribution in [3.05, 3.63) is 164 Å². The van der Waals surface area contributed by atoms with Gasteiger partial charge in [0.05, 0.1) is 0 Å². The summed E-state index contributed by atoms with van der Waals surface area (Å²) in [4.78, 5) is 2.34. The molecule has 0 aliphatic rings. The van der Waals surface area contributed by atoms with Crippen LogP contribution in [0.25, 0.3) is 53.2 Å². The second-order valence-corrected chi connectivity index (χ2v) is 11.7. The molecule has 7 aromatic carbocycles. The lowest BCUT2D eigenvalue weighted by Gasteiger charge is -2.26. The van der Waals surface area contributed by atoms with Gasteiger partial charge < -0.3 is 4.90 Å². The zero-order chi connectivity index (χ0) is 27.9. The Labute approximate surface area is 249 Å². The van der Waals surface area contributed by atoms with Crippen LogP contribution in [0.4, 0.5) is 17.1 Å². The number of nitrogens with zero attached hydrogens (tertiary/aromatic N) is 1. The van der Waals surface area contributed by atoms with Gasteiger partial charge in [-0.15, -0.1) is 11.3 Å². The van der Waals surface area contributed by atoms with Crippen LogP contribution in [0.1, 0.15) is 0 Å². The molecule has 198 valence electrons. The molecular weight excluding hydrogens is 527 g/mol. The van der Waals surface area contributed by atoms with E-state index in [-0.39, 0.29) is 0 Å². The average molecular weight is 554 g/mol. The Morgan fingerprint density at radius 1 is 0.357 bits per heavy atom. The van der Waals surface area contributed by atoms with Crippen LogP contribution >= 0.6 is 11.3 Å². The fourth-order valence-corrected chi connectivity index (χ4v) is 7.17. The minimum Gasteiger partial charge on any atom is -0.310 e. The maximum atomic E-state index is 2.34. The van der Waals surface area contributed by atoms with Gasteiger partial charge in [-0.2, -0.15) is 0 Å². The minimum absolute atomic E-state index is 1.13. The van der Waals surface area contributed by atoms with Gasteiger partial charge in [-0.1, -0.05) is 115 Å². The summed E-state index contributed by atoms with van der Waals surface area (Å²) < 4.78 is 2.66. The van der Waals surface area contributed by atoms with Gasteiger partial charge in [0.25, 0.3) is 0 Å². The van der Waals surface area contributed by atoms with Crippen molar-refractivity contribution < 1.29 is 0 Å². The molecule has 0 fully saturated rings. The third kappa shape index (κ3) is 4.34. The van der Waals surface area contributed by atoms with E-state index in [2.05, 4.69) is 169 Å². The van der Waals surface area contributed by atoms with Crippen LogP contribution in [0.15, 0.2) is 164 Å². The predicted molar refractivity (Wildman–Crippen MR) is 182 cm³/mol. The molecule has 0 atom stereocenters. The fourth-order valence-electron chi connectivity index (χ4n) is 6.02. The predicted octanol–water partition coefficient (Wildman–Crippen LogP) is 12.0. The number of anilines is 3. The van der Waals surface area contributed by atoms with Crippen LogP contribution in [0.2, 0.25) is 0 Å². The van der Waals surface area contributed by atoms with E-state index in [4.69, 9.17) is 0 Å². The maximum Gasteiger partial charge on any atom is 0.0467 e. The fraction of sp³-hybridized carbons (Fsp3) is 0. The van der Waals surface area contributed by atoms with E-state index in [1.165, 1.54) is 53.2 Å². The highest BCUT2D eigenvalue weighted by Gasteiger charge is 2.14. The molecule has 0 saturated heterocycles. The first-order chi connectivity index (χ1) is 20.8. The first-order valence-electron chi connectivity index (χ1n) is 14.3. The molecular formula is C40H27NS. The van der Waals surface area contributed by atoms with Crippen LogP contribution < -0.4 is 4.90 Å². The first-order valence-corrected chi connectivity index (χ1v) is 15.1. The molecule has 1 nitrogen and oxygen atoms in total. The van der Waals surface area contributed by atoms with Crippen LogP contribution in [-0.2, 0) is 0 Å². The van der Waals surface area contributed by atoms with Crippen LogP contribution in [0.3, 0.4) is 0 Å². The molecule has 0 aliphatic carbocycles. The monoisotopic (exact) mass is 553 g/mol. The van der Waals surface area contributed by atoms with E-state index < -0.39 is 0 Å². The van der Waals surface area contributed by atoms with Crippen LogP contribution in [0.5, 0.6) is 0 Å². The highest BCUT2D eigenvalue weighted by molar-refractivity contribution is 7.25. The Bertz CT molecular complexity index is 2190. The topological polar surface area (TPSA) is 3.24 Å². The third-order valence-corrected chi connectivity index (χ3v) is 9.19. The summed E-state index contributed by atoms with van der Waals surface area (Å²) in [6, 6.07) is 59.1. The number of hydrogen-bond acceptors (Lipinski definition) is 2. The number of rotatable bonds is 5. The Kier molecular flexibility index (Phi) is 6.05. The standard InChI is InChI=1S/C40H27NS/c1-2-13-32(14-3-1)41(34-15-8-12-31(26-34)36-18-9-11-29-10-4-5-16-35(29)36)33-23-20-28(21-24-33)30-22-25-38-37-17-6-7-19-39(37)42-40(38)27-30/h1-27H. The molecule has 8 rings (SSSR count). The molecule has 0 spiro atoms. The summed E-state index contributed by atoms with van der Waals surface area (Å²) in [7, 11) is 0. The largest absolute Gasteiger partial charge is 0.310 e. The lowest BCUT2D eigenvalue weighted by molar-refractivity contribution is 1.28. The van der Waals surface area contributed by atoms with Gasteiger partial charge in [-0.05, 0) is 81.6 Å². The number of benzene rings is 7. The van der Waals surface area contributed by atoms with E-state index in [0.29, 0.717) is 0 Å². The molecule has 1 heterocycles. The van der Waals surface area contributed by atoms with Crippen molar-refractivity contribution >= 4 is 59.3 Å². The quantitative estimate of drug-likeness (QED) is 0.205. The summed E-state index contributed by atoms with van der Waals surface area (Å²) in [5.74, 6) is 0. The van der Waals surface area contributed by atoms with Crippen molar-refractivity contribution in [1.29, 1.82) is 0 Å². The van der Waals surface area contributed by atoms with Gasteiger partial charge in [0.2, 0.25) is 0 Å². The van der Waals surface area contributed by atoms with Crippen LogP contribution in [-0.4, -0.2) is 0 Å². The Morgan fingerprint density at radius 3 is 1.88 bits per heavy atom. The van der Waals surface area contributed by atoms with Gasteiger partial charge in [-0.3, -0.25) is 0 Å². The first kappa shape index (κ1) is 24.6. The van der Waals surface area contributed by atoms with Crippen molar-refractivity contribution in [2.45, 2.75) is 0 Å². The molecule has 42 heavy (non-hydrogen) atoms. The highest BCUT2D eigenvalue weighted by Crippen LogP contribution is 2.40. The molecule has 0 radical (unpaired) electrons. The number of hydrogen-bond donors (Lipinski definition) is 0. The van der Waals surface area contributed by atoms with E-state index >= 15 is 0 Å². The van der Waals surface area contributed by atoms with Gasteiger partial charge in [0.1, 0.15) is 0 Å². The lowest BCUT2D eigenvalue weighted by Crippen LogP contribution is -2.09. The second-order valence-electron chi connectivity index (χ2n) is 10.6. The summed E-state index contributed by atoms with van der Waals surface area (Å²) in [5, 5.41) is 5.19. The normalized spacial score (nSPS) is 11.3. The highest BCUT2D eigenvalue weighted by atomic mass is 32.1. The summed E-state index contributed by atoms with van der Waals surface area (Å²) in [6.07, 6.45) is 0. The molecule has 1 aromatic heterocycles. The van der Waals surface area contributed by atoms with E-state index in [1.807, 2.05) is 11.3 Å². The molecule has 2 heteroatoms. The molecule has 0 aliphatic heterocycles. The summed E-state index contributed by atoms with van der Waals surface area (Å²) >= 11 is 1.86. The molecule has 0 N–H and O–H groups in total. The lowest BCUT2D eigenvalue weighted by atomic mass is 9.97. The van der Waals surface area contributed by atoms with Crippen LogP contribution in [0, 0.1) is 0 Å². The van der Waals surface area contributed by atoms with E-state index in [0.717, 1.165) is 17.1 Å². The average Bonchev–Trinajstić information content (AvgIpc) is 3.44. The van der Waals surface area contributed by atoms with Gasteiger partial charge in [0.15, 0.2) is 0 Å². The molecule has 8 aromatic rings. The number of thiophene rings is 1. The Hall–Kier alpha value is -5.18. The minimum atomic E-state index is 1.13. The zero-order valence-electron chi connectivity index (χ0n) is 22.9. The van der Waals surface area contributed by atoms with Crippen molar-refractivity contribution in [2.75, 3.05) is 4.90 Å². The van der Waals surface area contributed by atoms with Gasteiger partial charge >= 0.3 is 0 Å². The van der Waals surface area contributed by atoms with Crippen molar-refractivity contribution in [2.24, 2.45) is 0 Å². The molecule has 0 saturated carbocycles. The van der Waals surface area contributed by atoms with Gasteiger partial charge in [0, 0.05) is 37.2 Å². The SMILES string of the molecule is c1ccc(N(c2ccc(-c3ccc4c(c3)sc3ccccc34)cc2)c2cccc(-c3cccc4ccccc34)c2)cc1. The van der Waals surface area contributed by atoms with E-state index in [9.17, 15) is 0 Å². The van der Waals surface area contributed by atoms with Gasteiger partial charge in [-0.25, -0.2) is 0 Å². The second kappa shape index (κ2) is 10.3. The third-order valence-electron chi connectivity index (χ3n) is 8.06. The van der Waals surface area contributed by atoms with E-state index in [1.54, 1.807) is 0 Å². The number of para-hydroxylation sites is 1. The molecule has 0 amide bonds. The summed E-state index contributed by atoms with van der Waals surface area (Å²) in [5.41, 5.74) is 8.30. The number of fused-ring (bicyclic) bond motifs is 4. The summed E-state index contributed by atoms with van der Waals surface area (Å²) in [6.45, 7) is 0. The molecule has 0 unspecified atom stereocenters. The van der Waals surface area contributed by atoms with Crippen molar-refractivity contribution in [1.82, 2.24) is 0 Å². The molecule has 0 bridgehead atoms. The zero-order valence-corrected chi connectivity index (χ0v) is 23.8. The van der Waals surface area contributed by atoms with Crippen molar-refractivity contribution in [3.63, 3.8) is 0 Å². The van der Waals surface area contributed by atoms with Crippen molar-refractivity contribution in [3.8, 4) is 22.3 Å². The maximum absolute atomic E-state index is 2.34. The Balaban J connectivity index is 1.20. The smallest absolute Gasteiger partial charge is 0.0467 e.